The van der Waals surface area contributed by atoms with E-state index in [0.717, 1.165) is 22.8 Å². The lowest BCUT2D eigenvalue weighted by Gasteiger charge is -2.24. The van der Waals surface area contributed by atoms with Crippen LogP contribution >= 0.6 is 11.5 Å². The van der Waals surface area contributed by atoms with E-state index in [1.54, 1.807) is 6.07 Å². The van der Waals surface area contributed by atoms with Crippen LogP contribution in [-0.4, -0.2) is 15.8 Å². The van der Waals surface area contributed by atoms with Crippen molar-refractivity contribution in [2.24, 2.45) is 10.2 Å². The van der Waals surface area contributed by atoms with Crippen LogP contribution in [0.4, 0.5) is 22.1 Å². The van der Waals surface area contributed by atoms with E-state index >= 15 is 0 Å². The van der Waals surface area contributed by atoms with E-state index in [0.29, 0.717) is 41.1 Å². The Bertz CT molecular complexity index is 1360. The Balaban J connectivity index is 1.58. The van der Waals surface area contributed by atoms with Gasteiger partial charge >= 0.3 is 0 Å². The molecule has 1 aromatic heterocycles. The zero-order valence-electron chi connectivity index (χ0n) is 17.9. The van der Waals surface area contributed by atoms with E-state index in [4.69, 9.17) is 5.26 Å². The van der Waals surface area contributed by atoms with Crippen molar-refractivity contribution in [2.45, 2.75) is 19.9 Å². The SMILES string of the molecule is Cc1cc(N(CCC#N)Cc2ccccc2)ccc1N=Nc1snc2ccc([N+](=O)[O-])cc12. The van der Waals surface area contributed by atoms with Gasteiger partial charge in [0.05, 0.1) is 28.6 Å². The van der Waals surface area contributed by atoms with E-state index in [-0.39, 0.29) is 5.69 Å². The number of non-ortho nitro benzene ring substituents is 1. The summed E-state index contributed by atoms with van der Waals surface area (Å²) >= 11 is 1.15. The molecule has 0 aliphatic carbocycles. The molecule has 0 saturated carbocycles. The number of aromatic nitrogens is 1. The van der Waals surface area contributed by atoms with E-state index in [1.165, 1.54) is 17.7 Å². The number of nitrogens with zero attached hydrogens (tertiary/aromatic N) is 6. The minimum Gasteiger partial charge on any atom is -0.366 e. The first-order chi connectivity index (χ1) is 16.0. The van der Waals surface area contributed by atoms with Gasteiger partial charge in [-0.05, 0) is 53.8 Å². The maximum Gasteiger partial charge on any atom is 0.270 e. The van der Waals surface area contributed by atoms with Crippen molar-refractivity contribution in [2.75, 3.05) is 11.4 Å². The fraction of sp³-hybridized carbons (Fsp3) is 0.167. The van der Waals surface area contributed by atoms with Gasteiger partial charge in [-0.15, -0.1) is 10.2 Å². The maximum absolute atomic E-state index is 11.1. The number of rotatable bonds is 8. The van der Waals surface area contributed by atoms with Crippen molar-refractivity contribution < 1.29 is 4.92 Å². The second-order valence-electron chi connectivity index (χ2n) is 7.43. The van der Waals surface area contributed by atoms with Gasteiger partial charge in [-0.3, -0.25) is 10.1 Å². The first-order valence-electron chi connectivity index (χ1n) is 10.3. The van der Waals surface area contributed by atoms with Crippen LogP contribution in [-0.2, 0) is 6.54 Å². The number of aryl methyl sites for hydroxylation is 1. The highest BCUT2D eigenvalue weighted by Crippen LogP contribution is 2.35. The van der Waals surface area contributed by atoms with Crippen LogP contribution < -0.4 is 4.90 Å². The van der Waals surface area contributed by atoms with Gasteiger partial charge < -0.3 is 4.90 Å². The topological polar surface area (TPSA) is 108 Å². The van der Waals surface area contributed by atoms with E-state index < -0.39 is 4.92 Å². The minimum absolute atomic E-state index is 0.00411. The number of hydrogen-bond donors (Lipinski definition) is 0. The highest BCUT2D eigenvalue weighted by atomic mass is 32.1. The molecule has 3 aromatic carbocycles. The van der Waals surface area contributed by atoms with Crippen LogP contribution in [0.3, 0.4) is 0 Å². The largest absolute Gasteiger partial charge is 0.366 e. The molecule has 0 unspecified atom stereocenters. The fourth-order valence-corrected chi connectivity index (χ4v) is 4.12. The Morgan fingerprint density at radius 2 is 1.94 bits per heavy atom. The molecule has 0 aliphatic rings. The second kappa shape index (κ2) is 9.97. The van der Waals surface area contributed by atoms with Crippen molar-refractivity contribution in [3.63, 3.8) is 0 Å². The third-order valence-corrected chi connectivity index (χ3v) is 5.92. The molecule has 33 heavy (non-hydrogen) atoms. The summed E-state index contributed by atoms with van der Waals surface area (Å²) < 4.78 is 4.29. The predicted octanol–water partition coefficient (Wildman–Crippen LogP) is 6.85. The third kappa shape index (κ3) is 5.19. The summed E-state index contributed by atoms with van der Waals surface area (Å²) in [5.74, 6) is 0. The van der Waals surface area contributed by atoms with Crippen molar-refractivity contribution in [1.29, 1.82) is 5.26 Å². The highest BCUT2D eigenvalue weighted by molar-refractivity contribution is 7.11. The number of nitro groups is 1. The van der Waals surface area contributed by atoms with Gasteiger partial charge in [-0.1, -0.05) is 30.3 Å². The number of nitro benzene ring substituents is 1. The molecule has 0 N–H and O–H groups in total. The molecule has 0 aliphatic heterocycles. The Morgan fingerprint density at radius 1 is 1.12 bits per heavy atom. The van der Waals surface area contributed by atoms with Crippen molar-refractivity contribution >= 4 is 44.5 Å². The first-order valence-corrected chi connectivity index (χ1v) is 11.0. The summed E-state index contributed by atoms with van der Waals surface area (Å²) in [4.78, 5) is 12.8. The molecule has 4 rings (SSSR count). The fourth-order valence-electron chi connectivity index (χ4n) is 3.44. The highest BCUT2D eigenvalue weighted by Gasteiger charge is 2.13. The molecule has 0 bridgehead atoms. The van der Waals surface area contributed by atoms with E-state index in [9.17, 15) is 10.1 Å². The molecule has 0 radical (unpaired) electrons. The minimum atomic E-state index is -0.436. The number of hydrogen-bond acceptors (Lipinski definition) is 8. The molecule has 0 fully saturated rings. The smallest absolute Gasteiger partial charge is 0.270 e. The average Bonchev–Trinajstić information content (AvgIpc) is 3.24. The summed E-state index contributed by atoms with van der Waals surface area (Å²) in [6.45, 7) is 3.28. The quantitative estimate of drug-likeness (QED) is 0.164. The molecule has 1 heterocycles. The lowest BCUT2D eigenvalue weighted by molar-refractivity contribution is -0.384. The Kier molecular flexibility index (Phi) is 6.66. The standard InChI is InChI=1S/C24H20N6O2S/c1-17-14-19(29(13-5-12-25)16-18-6-3-2-4-7-18)8-10-22(17)26-27-24-21-15-20(30(31)32)9-11-23(21)28-33-24/h2-4,6-11,14-15H,5,13,16H2,1H3. The van der Waals surface area contributed by atoms with Crippen LogP contribution in [0.15, 0.2) is 77.0 Å². The van der Waals surface area contributed by atoms with Gasteiger partial charge in [0.15, 0.2) is 5.00 Å². The van der Waals surface area contributed by atoms with Crippen LogP contribution in [0.5, 0.6) is 0 Å². The van der Waals surface area contributed by atoms with Gasteiger partial charge in [0.1, 0.15) is 0 Å². The third-order valence-electron chi connectivity index (χ3n) is 5.16. The molecule has 4 aromatic rings. The van der Waals surface area contributed by atoms with Gasteiger partial charge in [-0.2, -0.15) is 9.64 Å². The normalized spacial score (nSPS) is 11.0. The lowest BCUT2D eigenvalue weighted by atomic mass is 10.1. The van der Waals surface area contributed by atoms with Crippen molar-refractivity contribution in [1.82, 2.24) is 4.37 Å². The molecule has 0 atom stereocenters. The lowest BCUT2D eigenvalue weighted by Crippen LogP contribution is -2.23. The molecule has 0 amide bonds. The number of azo groups is 1. The monoisotopic (exact) mass is 456 g/mol. The molecular weight excluding hydrogens is 436 g/mol. The van der Waals surface area contributed by atoms with E-state index in [2.05, 4.69) is 37.7 Å². The number of nitriles is 1. The summed E-state index contributed by atoms with van der Waals surface area (Å²) in [5.41, 5.74) is 4.46. The molecule has 0 spiro atoms. The van der Waals surface area contributed by atoms with Crippen LogP contribution in [0, 0.1) is 28.4 Å². The van der Waals surface area contributed by atoms with Gasteiger partial charge in [0, 0.05) is 36.3 Å². The van der Waals surface area contributed by atoms with Gasteiger partial charge in [0.2, 0.25) is 0 Å². The average molecular weight is 457 g/mol. The number of anilines is 1. The van der Waals surface area contributed by atoms with Crippen LogP contribution in [0.2, 0.25) is 0 Å². The van der Waals surface area contributed by atoms with Crippen molar-refractivity contribution in [3.8, 4) is 6.07 Å². The molecular formula is C24H20N6O2S. The second-order valence-corrected chi connectivity index (χ2v) is 8.18. The van der Waals surface area contributed by atoms with Gasteiger partial charge in [0.25, 0.3) is 5.69 Å². The number of fused-ring (bicyclic) bond motifs is 1. The zero-order chi connectivity index (χ0) is 23.2. The maximum atomic E-state index is 11.1. The predicted molar refractivity (Wildman–Crippen MR) is 129 cm³/mol. The Morgan fingerprint density at radius 3 is 2.67 bits per heavy atom. The number of benzene rings is 3. The van der Waals surface area contributed by atoms with E-state index in [1.807, 2.05) is 43.3 Å². The summed E-state index contributed by atoms with van der Waals surface area (Å²) in [6, 6.07) is 22.8. The summed E-state index contributed by atoms with van der Waals surface area (Å²) in [7, 11) is 0. The molecule has 8 nitrogen and oxygen atoms in total. The van der Waals surface area contributed by atoms with Crippen molar-refractivity contribution in [3.05, 3.63) is 88.0 Å². The Hall–Kier alpha value is -4.16. The molecule has 0 saturated heterocycles. The Labute approximate surface area is 194 Å². The molecule has 9 heteroatoms. The van der Waals surface area contributed by atoms with Crippen LogP contribution in [0.25, 0.3) is 10.9 Å². The summed E-state index contributed by atoms with van der Waals surface area (Å²) in [6.07, 6.45) is 0.429. The zero-order valence-corrected chi connectivity index (χ0v) is 18.7. The van der Waals surface area contributed by atoms with Crippen LogP contribution in [0.1, 0.15) is 17.5 Å². The molecule has 164 valence electrons. The first kappa shape index (κ1) is 22.0. The van der Waals surface area contributed by atoms with Gasteiger partial charge in [-0.25, -0.2) is 0 Å². The summed E-state index contributed by atoms with van der Waals surface area (Å²) in [5, 5.41) is 30.0.